The molecule has 0 aliphatic heterocycles. The number of anilines is 1. The normalized spacial score (nSPS) is 11.1. The van der Waals surface area contributed by atoms with Crippen LogP contribution in [0.2, 0.25) is 0 Å². The lowest BCUT2D eigenvalue weighted by Crippen LogP contribution is -2.14. The second kappa shape index (κ2) is 12.1. The van der Waals surface area contributed by atoms with E-state index in [0.717, 1.165) is 41.4 Å². The van der Waals surface area contributed by atoms with E-state index >= 15 is 0 Å². The summed E-state index contributed by atoms with van der Waals surface area (Å²) >= 11 is 1.31. The van der Waals surface area contributed by atoms with Gasteiger partial charge in [0, 0.05) is 34.4 Å². The third kappa shape index (κ3) is 5.78. The van der Waals surface area contributed by atoms with Crippen molar-refractivity contribution in [2.45, 2.75) is 31.3 Å². The van der Waals surface area contributed by atoms with Gasteiger partial charge in [-0.3, -0.25) is 9.36 Å². The second-order valence-corrected chi connectivity index (χ2v) is 10.0. The first-order valence-electron chi connectivity index (χ1n) is 12.9. The molecule has 5 rings (SSSR count). The van der Waals surface area contributed by atoms with E-state index in [1.54, 1.807) is 14.2 Å². The number of amides is 1. The molecule has 0 radical (unpaired) electrons. The number of hydrogen-bond acceptors (Lipinski definition) is 6. The van der Waals surface area contributed by atoms with Crippen molar-refractivity contribution in [3.05, 3.63) is 78.5 Å². The molecule has 0 saturated heterocycles. The van der Waals surface area contributed by atoms with E-state index in [4.69, 9.17) is 9.47 Å². The molecule has 2 aromatic heterocycles. The van der Waals surface area contributed by atoms with Crippen LogP contribution in [-0.2, 0) is 11.2 Å². The van der Waals surface area contributed by atoms with E-state index in [-0.39, 0.29) is 11.7 Å². The number of carbonyl (C=O) groups is 1. The van der Waals surface area contributed by atoms with E-state index in [1.807, 2.05) is 65.4 Å². The monoisotopic (exact) mass is 541 g/mol. The summed E-state index contributed by atoms with van der Waals surface area (Å²) in [5.41, 5.74) is 4.65. The molecular weight excluding hydrogens is 510 g/mol. The van der Waals surface area contributed by atoms with Crippen LogP contribution < -0.4 is 14.8 Å². The number of aromatic amines is 1. The molecule has 0 aliphatic rings. The second-order valence-electron chi connectivity index (χ2n) is 9.06. The van der Waals surface area contributed by atoms with Crippen molar-refractivity contribution in [3.8, 4) is 28.6 Å². The molecule has 5 aromatic rings. The van der Waals surface area contributed by atoms with Crippen molar-refractivity contribution in [3.63, 3.8) is 0 Å². The molecule has 0 unspecified atom stereocenters. The highest BCUT2D eigenvalue weighted by atomic mass is 32.2. The van der Waals surface area contributed by atoms with Crippen LogP contribution in [0.15, 0.2) is 78.1 Å². The number of H-pyrrole nitrogens is 1. The summed E-state index contributed by atoms with van der Waals surface area (Å²) in [4.78, 5) is 16.2. The zero-order chi connectivity index (χ0) is 27.2. The quantitative estimate of drug-likeness (QED) is 0.185. The number of ether oxygens (including phenoxy) is 2. The predicted molar refractivity (Wildman–Crippen MR) is 156 cm³/mol. The first-order chi connectivity index (χ1) is 19.1. The molecule has 0 saturated carbocycles. The Balaban J connectivity index is 1.45. The molecule has 1 amide bonds. The summed E-state index contributed by atoms with van der Waals surface area (Å²) in [6.45, 7) is 2.18. The lowest BCUT2D eigenvalue weighted by atomic mass is 10.1. The van der Waals surface area contributed by atoms with Gasteiger partial charge in [0.1, 0.15) is 11.5 Å². The highest BCUT2D eigenvalue weighted by Crippen LogP contribution is 2.37. The lowest BCUT2D eigenvalue weighted by molar-refractivity contribution is -0.113. The Bertz CT molecular complexity index is 1580. The van der Waals surface area contributed by atoms with Crippen molar-refractivity contribution in [2.24, 2.45) is 0 Å². The third-order valence-corrected chi connectivity index (χ3v) is 7.41. The summed E-state index contributed by atoms with van der Waals surface area (Å²) < 4.78 is 13.1. The molecule has 3 aromatic carbocycles. The van der Waals surface area contributed by atoms with Gasteiger partial charge in [0.05, 0.1) is 25.7 Å². The van der Waals surface area contributed by atoms with Gasteiger partial charge >= 0.3 is 0 Å². The van der Waals surface area contributed by atoms with E-state index in [0.29, 0.717) is 28.2 Å². The molecule has 0 spiro atoms. The number of unbranched alkanes of at least 4 members (excludes halogenated alkanes) is 1. The topological polar surface area (TPSA) is 94.1 Å². The Morgan fingerprint density at radius 3 is 2.62 bits per heavy atom. The summed E-state index contributed by atoms with van der Waals surface area (Å²) in [5, 5.41) is 13.6. The average Bonchev–Trinajstić information content (AvgIpc) is 3.59. The van der Waals surface area contributed by atoms with Crippen molar-refractivity contribution in [2.75, 3.05) is 25.3 Å². The summed E-state index contributed by atoms with van der Waals surface area (Å²) in [6, 6.07) is 21.6. The number of nitrogens with zero attached hydrogens (tertiary/aromatic N) is 3. The van der Waals surface area contributed by atoms with Gasteiger partial charge in [0.15, 0.2) is 11.0 Å². The summed E-state index contributed by atoms with van der Waals surface area (Å²) in [6.07, 6.45) is 5.28. The van der Waals surface area contributed by atoms with Crippen LogP contribution >= 0.6 is 11.8 Å². The van der Waals surface area contributed by atoms with Gasteiger partial charge in [0.2, 0.25) is 5.91 Å². The fourth-order valence-electron chi connectivity index (χ4n) is 4.45. The minimum atomic E-state index is -0.123. The van der Waals surface area contributed by atoms with Crippen LogP contribution in [0.5, 0.6) is 11.5 Å². The molecule has 0 aliphatic carbocycles. The van der Waals surface area contributed by atoms with Gasteiger partial charge in [-0.1, -0.05) is 55.4 Å². The highest BCUT2D eigenvalue weighted by Gasteiger charge is 2.22. The maximum absolute atomic E-state index is 12.9. The molecule has 39 heavy (non-hydrogen) atoms. The third-order valence-electron chi connectivity index (χ3n) is 6.48. The Morgan fingerprint density at radius 2 is 1.85 bits per heavy atom. The number of aryl methyl sites for hydroxylation is 1. The number of nitrogens with one attached hydrogen (secondary N) is 2. The maximum Gasteiger partial charge on any atom is 0.234 e. The Labute approximate surface area is 231 Å². The van der Waals surface area contributed by atoms with Crippen LogP contribution in [0.4, 0.5) is 5.69 Å². The van der Waals surface area contributed by atoms with E-state index in [9.17, 15) is 4.79 Å². The van der Waals surface area contributed by atoms with Crippen molar-refractivity contribution in [1.82, 2.24) is 19.7 Å². The summed E-state index contributed by atoms with van der Waals surface area (Å²) in [5.74, 6) is 1.97. The predicted octanol–water partition coefficient (Wildman–Crippen LogP) is 6.51. The molecule has 9 heteroatoms. The number of methoxy groups -OCH3 is 2. The zero-order valence-electron chi connectivity index (χ0n) is 22.2. The van der Waals surface area contributed by atoms with Crippen molar-refractivity contribution >= 4 is 34.3 Å². The Hall–Kier alpha value is -4.24. The van der Waals surface area contributed by atoms with Gasteiger partial charge in [0.25, 0.3) is 0 Å². The van der Waals surface area contributed by atoms with Crippen molar-refractivity contribution in [1.29, 1.82) is 0 Å². The standard InChI is InChI=1S/C30H31N5O3S/c1-4-5-8-20-11-13-21(14-12-20)32-28(36)19-39-30-34-33-29(24-18-31-25-10-7-6-9-23(24)25)35(30)26-17-22(37-2)15-16-27(26)38-3/h6-7,9-18,31H,4-5,8,19H2,1-3H3,(H,32,36). The van der Waals surface area contributed by atoms with Crippen LogP contribution in [0.3, 0.4) is 0 Å². The van der Waals surface area contributed by atoms with Gasteiger partial charge in [-0.15, -0.1) is 10.2 Å². The van der Waals surface area contributed by atoms with E-state index in [1.165, 1.54) is 17.3 Å². The highest BCUT2D eigenvalue weighted by molar-refractivity contribution is 7.99. The number of para-hydroxylation sites is 1. The molecule has 2 heterocycles. The van der Waals surface area contributed by atoms with E-state index in [2.05, 4.69) is 39.6 Å². The van der Waals surface area contributed by atoms with Crippen LogP contribution in [0.25, 0.3) is 28.0 Å². The lowest BCUT2D eigenvalue weighted by Gasteiger charge is -2.15. The largest absolute Gasteiger partial charge is 0.497 e. The Morgan fingerprint density at radius 1 is 1.03 bits per heavy atom. The zero-order valence-corrected chi connectivity index (χ0v) is 23.0. The fourth-order valence-corrected chi connectivity index (χ4v) is 5.19. The number of carbonyl (C=O) groups excluding carboxylic acids is 1. The van der Waals surface area contributed by atoms with Crippen LogP contribution in [0.1, 0.15) is 25.3 Å². The number of benzene rings is 3. The van der Waals surface area contributed by atoms with Gasteiger partial charge in [-0.2, -0.15) is 0 Å². The number of hydrogen-bond donors (Lipinski definition) is 2. The molecule has 8 nitrogen and oxygen atoms in total. The molecular formula is C30H31N5O3S. The summed E-state index contributed by atoms with van der Waals surface area (Å²) in [7, 11) is 3.24. The van der Waals surface area contributed by atoms with Crippen LogP contribution in [0, 0.1) is 0 Å². The fraction of sp³-hybridized carbons (Fsp3) is 0.233. The minimum Gasteiger partial charge on any atom is -0.497 e. The van der Waals surface area contributed by atoms with Gasteiger partial charge < -0.3 is 19.8 Å². The van der Waals surface area contributed by atoms with Gasteiger partial charge in [-0.25, -0.2) is 0 Å². The minimum absolute atomic E-state index is 0.123. The van der Waals surface area contributed by atoms with Crippen molar-refractivity contribution < 1.29 is 14.3 Å². The molecule has 0 bridgehead atoms. The number of fused-ring (bicyclic) bond motifs is 1. The molecule has 0 fully saturated rings. The molecule has 0 atom stereocenters. The Kier molecular flexibility index (Phi) is 8.17. The van der Waals surface area contributed by atoms with Crippen LogP contribution in [-0.4, -0.2) is 45.6 Å². The molecule has 2 N–H and O–H groups in total. The first kappa shape index (κ1) is 26.4. The maximum atomic E-state index is 12.9. The van der Waals surface area contributed by atoms with E-state index < -0.39 is 0 Å². The average molecular weight is 542 g/mol. The number of thioether (sulfide) groups is 1. The number of aromatic nitrogens is 4. The SMILES string of the molecule is CCCCc1ccc(NC(=O)CSc2nnc(-c3c[nH]c4ccccc34)n2-c2cc(OC)ccc2OC)cc1. The smallest absolute Gasteiger partial charge is 0.234 e. The molecule has 200 valence electrons. The first-order valence-corrected chi connectivity index (χ1v) is 13.9. The number of rotatable bonds is 11. The van der Waals surface area contributed by atoms with Gasteiger partial charge in [-0.05, 0) is 48.7 Å².